The summed E-state index contributed by atoms with van der Waals surface area (Å²) in [6.07, 6.45) is 0. The normalized spacial score (nSPS) is 10.6. The van der Waals surface area contributed by atoms with Gasteiger partial charge in [-0.25, -0.2) is 4.98 Å². The van der Waals surface area contributed by atoms with Gasteiger partial charge >= 0.3 is 0 Å². The number of benzene rings is 1. The Balaban J connectivity index is 2.01. The van der Waals surface area contributed by atoms with E-state index in [-0.39, 0.29) is 0 Å². The third-order valence-corrected chi connectivity index (χ3v) is 4.01. The van der Waals surface area contributed by atoms with Crippen LogP contribution < -0.4 is 15.4 Å². The Kier molecular flexibility index (Phi) is 3.62. The monoisotopic (exact) mass is 300 g/mol. The second-order valence-corrected chi connectivity index (χ2v) is 5.49. The van der Waals surface area contributed by atoms with Gasteiger partial charge in [0.1, 0.15) is 16.4 Å². The second-order valence-electron chi connectivity index (χ2n) is 4.59. The largest absolute Gasteiger partial charge is 0.496 e. The summed E-state index contributed by atoms with van der Waals surface area (Å²) in [5, 5.41) is 9.39. The zero-order valence-electron chi connectivity index (χ0n) is 12.1. The molecule has 0 bridgehead atoms. The lowest BCUT2D eigenvalue weighted by molar-refractivity contribution is 0.412. The summed E-state index contributed by atoms with van der Waals surface area (Å²) in [6.45, 7) is 2.02. The quantitative estimate of drug-likeness (QED) is 0.767. The zero-order chi connectivity index (χ0) is 14.8. The highest BCUT2D eigenvalue weighted by Gasteiger charge is 2.09. The number of hydrogen-bond donors (Lipinski definition) is 2. The number of rotatable bonds is 4. The van der Waals surface area contributed by atoms with Crippen molar-refractivity contribution in [1.29, 1.82) is 0 Å². The van der Waals surface area contributed by atoms with E-state index in [4.69, 9.17) is 4.74 Å². The molecule has 0 saturated heterocycles. The molecule has 0 amide bonds. The molecule has 0 aliphatic rings. The molecule has 0 aliphatic carbocycles. The van der Waals surface area contributed by atoms with Gasteiger partial charge in [-0.05, 0) is 42.1 Å². The average molecular weight is 300 g/mol. The van der Waals surface area contributed by atoms with E-state index in [9.17, 15) is 0 Å². The summed E-state index contributed by atoms with van der Waals surface area (Å²) in [7, 11) is 3.49. The molecule has 2 N–H and O–H groups in total. The van der Waals surface area contributed by atoms with Gasteiger partial charge < -0.3 is 15.4 Å². The standard InChI is InChI=1S/C15H16N4OS/c1-9-8-10(4-5-12(9)20-3)17-13-11-6-7-21-14(11)19-15(16-2)18-13/h4-8H,1-3H3,(H2,16,17,18,19). The number of hydrogen-bond acceptors (Lipinski definition) is 6. The van der Waals surface area contributed by atoms with E-state index in [1.807, 2.05) is 43.6 Å². The van der Waals surface area contributed by atoms with Crippen LogP contribution in [-0.4, -0.2) is 24.1 Å². The lowest BCUT2D eigenvalue weighted by Gasteiger charge is -2.11. The molecular formula is C15H16N4OS. The maximum Gasteiger partial charge on any atom is 0.225 e. The van der Waals surface area contributed by atoms with Crippen LogP contribution in [0.3, 0.4) is 0 Å². The summed E-state index contributed by atoms with van der Waals surface area (Å²) < 4.78 is 5.28. The maximum atomic E-state index is 5.28. The minimum Gasteiger partial charge on any atom is -0.496 e. The Morgan fingerprint density at radius 1 is 1.19 bits per heavy atom. The maximum absolute atomic E-state index is 5.28. The molecule has 3 aromatic rings. The fraction of sp³-hybridized carbons (Fsp3) is 0.200. The van der Waals surface area contributed by atoms with Gasteiger partial charge in [0.2, 0.25) is 5.95 Å². The van der Waals surface area contributed by atoms with Crippen LogP contribution in [-0.2, 0) is 0 Å². The van der Waals surface area contributed by atoms with Crippen LogP contribution in [0, 0.1) is 6.92 Å². The number of nitrogens with one attached hydrogen (secondary N) is 2. The molecule has 0 radical (unpaired) electrons. The van der Waals surface area contributed by atoms with E-state index < -0.39 is 0 Å². The van der Waals surface area contributed by atoms with Crippen molar-refractivity contribution in [3.05, 3.63) is 35.2 Å². The van der Waals surface area contributed by atoms with Gasteiger partial charge in [-0.3, -0.25) is 0 Å². The molecule has 0 spiro atoms. The highest BCUT2D eigenvalue weighted by molar-refractivity contribution is 7.16. The highest BCUT2D eigenvalue weighted by Crippen LogP contribution is 2.30. The van der Waals surface area contributed by atoms with E-state index in [0.29, 0.717) is 5.95 Å². The smallest absolute Gasteiger partial charge is 0.225 e. The Bertz CT molecular complexity index is 784. The summed E-state index contributed by atoms with van der Waals surface area (Å²) >= 11 is 1.60. The van der Waals surface area contributed by atoms with Gasteiger partial charge in [0, 0.05) is 12.7 Å². The van der Waals surface area contributed by atoms with Gasteiger partial charge in [0.05, 0.1) is 12.5 Å². The third kappa shape index (κ3) is 2.62. The van der Waals surface area contributed by atoms with E-state index in [1.165, 1.54) is 0 Å². The van der Waals surface area contributed by atoms with Crippen LogP contribution >= 0.6 is 11.3 Å². The van der Waals surface area contributed by atoms with Crippen LogP contribution in [0.4, 0.5) is 17.5 Å². The van der Waals surface area contributed by atoms with Crippen molar-refractivity contribution in [1.82, 2.24) is 9.97 Å². The first-order valence-corrected chi connectivity index (χ1v) is 7.44. The van der Waals surface area contributed by atoms with Gasteiger partial charge in [0.25, 0.3) is 0 Å². The van der Waals surface area contributed by atoms with Crippen molar-refractivity contribution in [2.75, 3.05) is 24.8 Å². The van der Waals surface area contributed by atoms with Crippen molar-refractivity contribution in [3.63, 3.8) is 0 Å². The van der Waals surface area contributed by atoms with E-state index in [0.717, 1.165) is 33.0 Å². The lowest BCUT2D eigenvalue weighted by atomic mass is 10.2. The number of methoxy groups -OCH3 is 1. The van der Waals surface area contributed by atoms with Gasteiger partial charge in [-0.2, -0.15) is 4.98 Å². The van der Waals surface area contributed by atoms with E-state index in [2.05, 4.69) is 20.6 Å². The van der Waals surface area contributed by atoms with Crippen molar-refractivity contribution in [3.8, 4) is 5.75 Å². The SMILES string of the molecule is CNc1nc(Nc2ccc(OC)c(C)c2)c2ccsc2n1. The Morgan fingerprint density at radius 3 is 2.76 bits per heavy atom. The Morgan fingerprint density at radius 2 is 2.05 bits per heavy atom. The zero-order valence-corrected chi connectivity index (χ0v) is 12.9. The first-order valence-electron chi connectivity index (χ1n) is 6.56. The van der Waals surface area contributed by atoms with Crippen LogP contribution in [0.15, 0.2) is 29.6 Å². The number of thiophene rings is 1. The van der Waals surface area contributed by atoms with E-state index in [1.54, 1.807) is 18.4 Å². The molecule has 0 aliphatic heterocycles. The molecule has 2 heterocycles. The molecule has 0 atom stereocenters. The van der Waals surface area contributed by atoms with Gasteiger partial charge in [-0.1, -0.05) is 0 Å². The van der Waals surface area contributed by atoms with Crippen molar-refractivity contribution >= 4 is 39.0 Å². The van der Waals surface area contributed by atoms with Crippen molar-refractivity contribution in [2.45, 2.75) is 6.92 Å². The number of fused-ring (bicyclic) bond motifs is 1. The fourth-order valence-electron chi connectivity index (χ4n) is 2.16. The van der Waals surface area contributed by atoms with E-state index >= 15 is 0 Å². The molecule has 5 nitrogen and oxygen atoms in total. The summed E-state index contributed by atoms with van der Waals surface area (Å²) in [4.78, 5) is 9.90. The number of ether oxygens (including phenoxy) is 1. The topological polar surface area (TPSA) is 59.1 Å². The Labute approximate surface area is 127 Å². The molecule has 0 unspecified atom stereocenters. The van der Waals surface area contributed by atoms with Crippen LogP contribution in [0.5, 0.6) is 5.75 Å². The number of anilines is 3. The molecule has 108 valence electrons. The molecule has 2 aromatic heterocycles. The minimum atomic E-state index is 0.609. The number of aryl methyl sites for hydroxylation is 1. The molecule has 0 fully saturated rings. The third-order valence-electron chi connectivity index (χ3n) is 3.21. The molecular weight excluding hydrogens is 284 g/mol. The highest BCUT2D eigenvalue weighted by atomic mass is 32.1. The van der Waals surface area contributed by atoms with Crippen molar-refractivity contribution < 1.29 is 4.74 Å². The van der Waals surface area contributed by atoms with Crippen LogP contribution in [0.25, 0.3) is 10.2 Å². The average Bonchev–Trinajstić information content (AvgIpc) is 2.96. The molecule has 6 heteroatoms. The minimum absolute atomic E-state index is 0.609. The predicted octanol–water partition coefficient (Wildman–Crippen LogP) is 3.79. The number of aromatic nitrogens is 2. The summed E-state index contributed by atoms with van der Waals surface area (Å²) in [5.41, 5.74) is 2.05. The first kappa shape index (κ1) is 13.6. The number of nitrogens with zero attached hydrogens (tertiary/aromatic N) is 2. The first-order chi connectivity index (χ1) is 10.2. The summed E-state index contributed by atoms with van der Waals surface area (Å²) in [5.74, 6) is 2.28. The molecule has 21 heavy (non-hydrogen) atoms. The predicted molar refractivity (Wildman–Crippen MR) is 88.0 cm³/mol. The van der Waals surface area contributed by atoms with Crippen molar-refractivity contribution in [2.24, 2.45) is 0 Å². The van der Waals surface area contributed by atoms with Crippen LogP contribution in [0.2, 0.25) is 0 Å². The second kappa shape index (κ2) is 5.57. The van der Waals surface area contributed by atoms with Crippen LogP contribution in [0.1, 0.15) is 5.56 Å². The summed E-state index contributed by atoms with van der Waals surface area (Å²) in [6, 6.07) is 7.99. The molecule has 3 rings (SSSR count). The fourth-order valence-corrected chi connectivity index (χ4v) is 2.92. The van der Waals surface area contributed by atoms with Gasteiger partial charge in [0.15, 0.2) is 0 Å². The lowest BCUT2D eigenvalue weighted by Crippen LogP contribution is -2.01. The van der Waals surface area contributed by atoms with Gasteiger partial charge in [-0.15, -0.1) is 11.3 Å². The molecule has 0 saturated carbocycles. The molecule has 1 aromatic carbocycles. The Hall–Kier alpha value is -2.34.